The SMILES string of the molecule is CC(C)c1ccc(/C=C(\C#N)C(=O)Nc2ccc(N3CCCCC3)cc2)cc1. The number of carbonyl (C=O) groups is 1. The molecule has 0 spiro atoms. The minimum atomic E-state index is -0.388. The molecule has 1 amide bonds. The highest BCUT2D eigenvalue weighted by Gasteiger charge is 2.12. The number of anilines is 2. The van der Waals surface area contributed by atoms with Crippen LogP contribution in [0.3, 0.4) is 0 Å². The van der Waals surface area contributed by atoms with Crippen LogP contribution in [0.5, 0.6) is 0 Å². The molecule has 1 fully saturated rings. The molecular formula is C24H27N3O. The molecule has 3 rings (SSSR count). The number of nitrogens with one attached hydrogen (secondary N) is 1. The molecule has 28 heavy (non-hydrogen) atoms. The molecule has 4 nitrogen and oxygen atoms in total. The van der Waals surface area contributed by atoms with E-state index in [1.165, 1.54) is 30.5 Å². The number of hydrogen-bond donors (Lipinski definition) is 1. The van der Waals surface area contributed by atoms with Crippen molar-refractivity contribution in [3.63, 3.8) is 0 Å². The van der Waals surface area contributed by atoms with Gasteiger partial charge in [-0.05, 0) is 66.6 Å². The molecule has 2 aromatic carbocycles. The Balaban J connectivity index is 1.67. The number of benzene rings is 2. The van der Waals surface area contributed by atoms with Crippen LogP contribution in [-0.2, 0) is 4.79 Å². The van der Waals surface area contributed by atoms with Crippen molar-refractivity contribution in [3.8, 4) is 6.07 Å². The lowest BCUT2D eigenvalue weighted by atomic mass is 10.0. The van der Waals surface area contributed by atoms with Crippen LogP contribution in [0.4, 0.5) is 11.4 Å². The van der Waals surface area contributed by atoms with E-state index in [2.05, 4.69) is 24.1 Å². The van der Waals surface area contributed by atoms with E-state index in [1.54, 1.807) is 6.08 Å². The summed E-state index contributed by atoms with van der Waals surface area (Å²) in [7, 11) is 0. The van der Waals surface area contributed by atoms with Crippen molar-refractivity contribution in [2.75, 3.05) is 23.3 Å². The number of amides is 1. The maximum Gasteiger partial charge on any atom is 0.266 e. The van der Waals surface area contributed by atoms with Gasteiger partial charge in [-0.1, -0.05) is 38.1 Å². The van der Waals surface area contributed by atoms with E-state index in [4.69, 9.17) is 0 Å². The number of carbonyl (C=O) groups excluding carboxylic acids is 1. The first-order valence-corrected chi connectivity index (χ1v) is 9.95. The van der Waals surface area contributed by atoms with Crippen LogP contribution in [0.1, 0.15) is 50.2 Å². The van der Waals surface area contributed by atoms with Gasteiger partial charge in [0.05, 0.1) is 0 Å². The molecule has 4 heteroatoms. The fraction of sp³-hybridized carbons (Fsp3) is 0.333. The van der Waals surface area contributed by atoms with Crippen molar-refractivity contribution in [2.45, 2.75) is 39.0 Å². The number of nitriles is 1. The van der Waals surface area contributed by atoms with Crippen LogP contribution in [0, 0.1) is 11.3 Å². The second kappa shape index (κ2) is 9.23. The van der Waals surface area contributed by atoms with Crippen LogP contribution in [0.2, 0.25) is 0 Å². The number of rotatable bonds is 5. The van der Waals surface area contributed by atoms with E-state index in [9.17, 15) is 10.1 Å². The predicted molar refractivity (Wildman–Crippen MR) is 115 cm³/mol. The fourth-order valence-electron chi connectivity index (χ4n) is 3.40. The molecule has 1 aliphatic rings. The highest BCUT2D eigenvalue weighted by atomic mass is 16.1. The van der Waals surface area contributed by atoms with Crippen molar-refractivity contribution in [2.24, 2.45) is 0 Å². The number of nitrogens with zero attached hydrogens (tertiary/aromatic N) is 2. The Hall–Kier alpha value is -3.06. The molecule has 0 aliphatic carbocycles. The van der Waals surface area contributed by atoms with Crippen molar-refractivity contribution in [1.82, 2.24) is 0 Å². The first-order valence-electron chi connectivity index (χ1n) is 9.95. The summed E-state index contributed by atoms with van der Waals surface area (Å²) in [4.78, 5) is 14.9. The van der Waals surface area contributed by atoms with Gasteiger partial charge in [-0.3, -0.25) is 4.79 Å². The lowest BCUT2D eigenvalue weighted by Gasteiger charge is -2.28. The van der Waals surface area contributed by atoms with Gasteiger partial charge < -0.3 is 10.2 Å². The monoisotopic (exact) mass is 373 g/mol. The molecule has 0 saturated carbocycles. The van der Waals surface area contributed by atoms with Crippen LogP contribution < -0.4 is 10.2 Å². The Morgan fingerprint density at radius 2 is 1.68 bits per heavy atom. The first kappa shape index (κ1) is 19.7. The summed E-state index contributed by atoms with van der Waals surface area (Å²) in [5, 5.41) is 12.2. The average Bonchev–Trinajstić information content (AvgIpc) is 2.73. The molecule has 1 N–H and O–H groups in total. The Kier molecular flexibility index (Phi) is 6.49. The summed E-state index contributed by atoms with van der Waals surface area (Å²) in [6, 6.07) is 17.8. The van der Waals surface area contributed by atoms with Crippen LogP contribution >= 0.6 is 0 Å². The zero-order chi connectivity index (χ0) is 19.9. The van der Waals surface area contributed by atoms with E-state index >= 15 is 0 Å². The van der Waals surface area contributed by atoms with Crippen LogP contribution in [0.15, 0.2) is 54.1 Å². The molecule has 1 aliphatic heterocycles. The van der Waals surface area contributed by atoms with Crippen LogP contribution in [0.25, 0.3) is 6.08 Å². The Morgan fingerprint density at radius 1 is 1.04 bits per heavy atom. The zero-order valence-corrected chi connectivity index (χ0v) is 16.6. The fourth-order valence-corrected chi connectivity index (χ4v) is 3.40. The third-order valence-corrected chi connectivity index (χ3v) is 5.13. The Morgan fingerprint density at radius 3 is 2.25 bits per heavy atom. The van der Waals surface area contributed by atoms with E-state index in [0.717, 1.165) is 18.7 Å². The van der Waals surface area contributed by atoms with Crippen molar-refractivity contribution in [1.29, 1.82) is 5.26 Å². The molecular weight excluding hydrogens is 346 g/mol. The van der Waals surface area contributed by atoms with Crippen molar-refractivity contribution >= 4 is 23.4 Å². The van der Waals surface area contributed by atoms with Gasteiger partial charge in [0.15, 0.2) is 0 Å². The second-order valence-corrected chi connectivity index (χ2v) is 7.54. The summed E-state index contributed by atoms with van der Waals surface area (Å²) in [6.45, 7) is 6.44. The quantitative estimate of drug-likeness (QED) is 0.568. The Bertz CT molecular complexity index is 868. The van der Waals surface area contributed by atoms with Gasteiger partial charge in [0.25, 0.3) is 5.91 Å². The molecule has 0 bridgehead atoms. The van der Waals surface area contributed by atoms with Crippen LogP contribution in [-0.4, -0.2) is 19.0 Å². The molecule has 1 saturated heterocycles. The van der Waals surface area contributed by atoms with E-state index in [-0.39, 0.29) is 11.5 Å². The Labute approximate surface area is 167 Å². The molecule has 0 unspecified atom stereocenters. The van der Waals surface area contributed by atoms with E-state index in [1.807, 2.05) is 54.6 Å². The summed E-state index contributed by atoms with van der Waals surface area (Å²) in [5.41, 5.74) is 4.05. The summed E-state index contributed by atoms with van der Waals surface area (Å²) in [5.74, 6) is 0.0610. The molecule has 1 heterocycles. The normalized spacial score (nSPS) is 14.6. The number of hydrogen-bond acceptors (Lipinski definition) is 3. The summed E-state index contributed by atoms with van der Waals surface area (Å²) >= 11 is 0. The van der Waals surface area contributed by atoms with Gasteiger partial charge in [-0.25, -0.2) is 0 Å². The zero-order valence-electron chi connectivity index (χ0n) is 16.6. The first-order chi connectivity index (χ1) is 13.6. The molecule has 0 radical (unpaired) electrons. The highest BCUT2D eigenvalue weighted by molar-refractivity contribution is 6.09. The van der Waals surface area contributed by atoms with E-state index < -0.39 is 0 Å². The van der Waals surface area contributed by atoms with Gasteiger partial charge >= 0.3 is 0 Å². The molecule has 0 atom stereocenters. The smallest absolute Gasteiger partial charge is 0.266 e. The molecule has 0 aromatic heterocycles. The topological polar surface area (TPSA) is 56.1 Å². The lowest BCUT2D eigenvalue weighted by Crippen LogP contribution is -2.29. The second-order valence-electron chi connectivity index (χ2n) is 7.54. The molecule has 2 aromatic rings. The van der Waals surface area contributed by atoms with Gasteiger partial charge in [0.1, 0.15) is 11.6 Å². The average molecular weight is 374 g/mol. The van der Waals surface area contributed by atoms with Crippen molar-refractivity contribution in [3.05, 3.63) is 65.2 Å². The van der Waals surface area contributed by atoms with Crippen molar-refractivity contribution < 1.29 is 4.79 Å². The van der Waals surface area contributed by atoms with Gasteiger partial charge in [-0.15, -0.1) is 0 Å². The standard InChI is InChI=1S/C24H27N3O/c1-18(2)20-8-6-19(7-9-20)16-21(17-25)24(28)26-22-10-12-23(13-11-22)27-14-4-3-5-15-27/h6-13,16,18H,3-5,14-15H2,1-2H3,(H,26,28)/b21-16+. The largest absolute Gasteiger partial charge is 0.372 e. The number of piperidine rings is 1. The van der Waals surface area contributed by atoms with Gasteiger partial charge in [0.2, 0.25) is 0 Å². The minimum absolute atomic E-state index is 0.0948. The predicted octanol–water partition coefficient (Wildman–Crippen LogP) is 5.35. The van der Waals surface area contributed by atoms with E-state index in [0.29, 0.717) is 11.6 Å². The minimum Gasteiger partial charge on any atom is -0.372 e. The summed E-state index contributed by atoms with van der Waals surface area (Å²) in [6.07, 6.45) is 5.38. The molecule has 144 valence electrons. The van der Waals surface area contributed by atoms with Gasteiger partial charge in [0, 0.05) is 24.5 Å². The lowest BCUT2D eigenvalue weighted by molar-refractivity contribution is -0.112. The summed E-state index contributed by atoms with van der Waals surface area (Å²) < 4.78 is 0. The third kappa shape index (κ3) is 5.01. The highest BCUT2D eigenvalue weighted by Crippen LogP contribution is 2.22. The maximum absolute atomic E-state index is 12.5. The third-order valence-electron chi connectivity index (χ3n) is 5.13. The maximum atomic E-state index is 12.5. The van der Waals surface area contributed by atoms with Gasteiger partial charge in [-0.2, -0.15) is 5.26 Å².